The summed E-state index contributed by atoms with van der Waals surface area (Å²) in [5.74, 6) is 0.269. The van der Waals surface area contributed by atoms with Gasteiger partial charge in [-0.1, -0.05) is 0 Å². The number of hydrogen-bond donors (Lipinski definition) is 1. The Balaban J connectivity index is 1.80. The molecule has 0 aromatic rings. The molecule has 0 radical (unpaired) electrons. The van der Waals surface area contributed by atoms with E-state index in [0.29, 0.717) is 22.5 Å². The quantitative estimate of drug-likeness (QED) is 0.411. The van der Waals surface area contributed by atoms with Crippen LogP contribution >= 0.6 is 31.9 Å². The van der Waals surface area contributed by atoms with Crippen LogP contribution in [0.4, 0.5) is 0 Å². The van der Waals surface area contributed by atoms with E-state index in [2.05, 4.69) is 27.5 Å². The Hall–Kier alpha value is 0.290. The van der Waals surface area contributed by atoms with Crippen LogP contribution in [0.25, 0.3) is 0 Å². The van der Waals surface area contributed by atoms with E-state index in [1.54, 1.807) is 0 Å². The van der Waals surface area contributed by atoms with Crippen LogP contribution in [0.15, 0.2) is 3.21 Å². The standard InChI is InChI=1S/C15H27I2N3O3/c1-11-6-5-7-12(2)20(11)19-15-18-17(22,16-21)10-13-8-3-4-9-14(13)23-15/h11-14H,3-10H2,1-2H3,(H,18,19,22). The molecule has 5 atom stereocenters. The van der Waals surface area contributed by atoms with Crippen molar-refractivity contribution in [1.29, 1.82) is 0 Å². The summed E-state index contributed by atoms with van der Waals surface area (Å²) in [4.78, 5) is 0. The monoisotopic (exact) mass is 551 g/mol. The van der Waals surface area contributed by atoms with Crippen LogP contribution in [0.5, 0.6) is 0 Å². The molecule has 134 valence electrons. The molecule has 2 heterocycles. The molecule has 23 heavy (non-hydrogen) atoms. The predicted octanol–water partition coefficient (Wildman–Crippen LogP) is 4.23. The summed E-state index contributed by atoms with van der Waals surface area (Å²) in [6.07, 6.45) is 7.90. The zero-order valence-corrected chi connectivity index (χ0v) is 18.2. The first-order valence-corrected chi connectivity index (χ1v) is 19.1. The molecule has 0 aromatic heterocycles. The van der Waals surface area contributed by atoms with Crippen molar-refractivity contribution in [3.63, 3.8) is 0 Å². The molecule has 3 aliphatic rings. The van der Waals surface area contributed by atoms with Crippen molar-refractivity contribution in [1.82, 2.24) is 10.4 Å². The van der Waals surface area contributed by atoms with Crippen molar-refractivity contribution in [3.8, 4) is 0 Å². The number of halogens is 2. The molecule has 2 fully saturated rings. The van der Waals surface area contributed by atoms with Crippen LogP contribution in [-0.2, 0) is 10.9 Å². The molecular formula is C15H27I2N3O3. The Morgan fingerprint density at radius 1 is 1.17 bits per heavy atom. The van der Waals surface area contributed by atoms with Gasteiger partial charge in [0.05, 0.1) is 0 Å². The van der Waals surface area contributed by atoms with E-state index in [1.165, 1.54) is 6.42 Å². The van der Waals surface area contributed by atoms with Crippen molar-refractivity contribution < 1.29 is 10.9 Å². The van der Waals surface area contributed by atoms with Gasteiger partial charge in [0.1, 0.15) is 0 Å². The van der Waals surface area contributed by atoms with Crippen LogP contribution in [0, 0.1) is 5.92 Å². The molecule has 1 N–H and O–H groups in total. The second kappa shape index (κ2) is 7.67. The van der Waals surface area contributed by atoms with Gasteiger partial charge < -0.3 is 0 Å². The molecule has 1 saturated carbocycles. The van der Waals surface area contributed by atoms with E-state index in [1.807, 2.05) is 0 Å². The van der Waals surface area contributed by atoms with Crippen molar-refractivity contribution in [2.75, 3.05) is 4.43 Å². The number of alkyl halides is 1. The third-order valence-corrected chi connectivity index (χ3v) is 16.0. The first-order chi connectivity index (χ1) is 11.0. The fourth-order valence-corrected chi connectivity index (χ4v) is 13.0. The van der Waals surface area contributed by atoms with Crippen LogP contribution in [-0.4, -0.2) is 33.6 Å². The molecule has 0 spiro atoms. The summed E-state index contributed by atoms with van der Waals surface area (Å²) >= 11 is -5.33. The Bertz CT molecular complexity index is 518. The van der Waals surface area contributed by atoms with Crippen molar-refractivity contribution >= 4 is 38.0 Å². The van der Waals surface area contributed by atoms with Gasteiger partial charge in [-0.25, -0.2) is 0 Å². The van der Waals surface area contributed by atoms with Crippen LogP contribution in [0.3, 0.4) is 0 Å². The molecule has 6 nitrogen and oxygen atoms in total. The maximum atomic E-state index is 13.0. The van der Waals surface area contributed by atoms with E-state index in [9.17, 15) is 6.14 Å². The minimum atomic E-state index is -3.76. The van der Waals surface area contributed by atoms with Gasteiger partial charge >= 0.3 is 150 Å². The van der Waals surface area contributed by atoms with Gasteiger partial charge in [-0.3, -0.25) is 0 Å². The van der Waals surface area contributed by atoms with Gasteiger partial charge in [0.15, 0.2) is 0 Å². The van der Waals surface area contributed by atoms with E-state index in [0.717, 1.165) is 38.5 Å². The Kier molecular flexibility index (Phi) is 6.03. The number of piperidine rings is 1. The number of fused-ring (bicyclic) bond motifs is 1. The third kappa shape index (κ3) is 4.28. The summed E-state index contributed by atoms with van der Waals surface area (Å²) in [6, 6.07) is 1.16. The normalized spacial score (nSPS) is 44.9. The summed E-state index contributed by atoms with van der Waals surface area (Å²) in [5.41, 5.74) is 3.30. The second-order valence-electron chi connectivity index (χ2n) is 6.97. The molecule has 0 amide bonds. The van der Waals surface area contributed by atoms with E-state index in [-0.39, 0.29) is 12.0 Å². The molecule has 0 bridgehead atoms. The minimum absolute atomic E-state index is 0.0837. The van der Waals surface area contributed by atoms with Gasteiger partial charge in [-0.15, -0.1) is 0 Å². The van der Waals surface area contributed by atoms with Crippen molar-refractivity contribution in [2.45, 2.75) is 77.0 Å². The van der Waals surface area contributed by atoms with Gasteiger partial charge in [0, 0.05) is 0 Å². The zero-order chi connectivity index (χ0) is 16.4. The fraction of sp³-hybridized carbons (Fsp3) is 0.933. The molecular weight excluding hydrogens is 524 g/mol. The second-order valence-corrected chi connectivity index (χ2v) is 22.4. The number of rotatable bonds is 2. The SMILES string of the molecule is CC1CCCC(C)N1NC1=NI(=O)(I=O)CC2CCCCC2O1. The van der Waals surface area contributed by atoms with Crippen molar-refractivity contribution in [2.24, 2.45) is 9.12 Å². The van der Waals surface area contributed by atoms with Gasteiger partial charge in [0.25, 0.3) is 0 Å². The van der Waals surface area contributed by atoms with Crippen molar-refractivity contribution in [3.05, 3.63) is 0 Å². The third-order valence-electron chi connectivity index (χ3n) is 5.20. The average molecular weight is 551 g/mol. The molecule has 1 aliphatic carbocycles. The topological polar surface area (TPSA) is 71.0 Å². The zero-order valence-electron chi connectivity index (χ0n) is 13.8. The van der Waals surface area contributed by atoms with Gasteiger partial charge in [-0.05, 0) is 0 Å². The summed E-state index contributed by atoms with van der Waals surface area (Å²) in [6.45, 7) is 4.38. The van der Waals surface area contributed by atoms with Crippen LogP contribution in [0.2, 0.25) is 0 Å². The summed E-state index contributed by atoms with van der Waals surface area (Å²) < 4.78 is 35.7. The van der Waals surface area contributed by atoms with Gasteiger partial charge in [-0.2, -0.15) is 0 Å². The van der Waals surface area contributed by atoms with Crippen LogP contribution < -0.4 is 5.43 Å². The average Bonchev–Trinajstić information content (AvgIpc) is 2.67. The van der Waals surface area contributed by atoms with E-state index < -0.39 is 31.9 Å². The number of amidine groups is 1. The number of hydrogen-bond acceptors (Lipinski definition) is 5. The number of nitrogens with zero attached hydrogens (tertiary/aromatic N) is 2. The Labute approximate surface area is 149 Å². The van der Waals surface area contributed by atoms with E-state index in [4.69, 9.17) is 4.74 Å². The Morgan fingerprint density at radius 2 is 1.87 bits per heavy atom. The summed E-state index contributed by atoms with van der Waals surface area (Å²) in [7, 11) is 0. The van der Waals surface area contributed by atoms with E-state index >= 15 is 0 Å². The molecule has 0 aromatic carbocycles. The predicted molar refractivity (Wildman–Crippen MR) is 106 cm³/mol. The first-order valence-electron chi connectivity index (χ1n) is 8.57. The van der Waals surface area contributed by atoms with Crippen LogP contribution in [0.1, 0.15) is 58.8 Å². The molecule has 3 rings (SSSR count). The fourth-order valence-electron chi connectivity index (χ4n) is 3.90. The maximum absolute atomic E-state index is 13.0. The summed E-state index contributed by atoms with van der Waals surface area (Å²) in [5, 5.41) is 2.18. The first kappa shape index (κ1) is 18.1. The Morgan fingerprint density at radius 3 is 2.57 bits per heavy atom. The molecule has 8 heteroatoms. The molecule has 2 aliphatic heterocycles. The molecule has 5 unspecified atom stereocenters. The number of hydrazine groups is 1. The number of ether oxygens (including phenoxy) is 1. The molecule has 1 saturated heterocycles. The van der Waals surface area contributed by atoms with Gasteiger partial charge in [0.2, 0.25) is 0 Å². The number of nitrogens with one attached hydrogen (secondary N) is 1.